The van der Waals surface area contributed by atoms with Crippen molar-refractivity contribution in [3.63, 3.8) is 0 Å². The van der Waals surface area contributed by atoms with E-state index in [0.29, 0.717) is 19.7 Å². The second-order valence-corrected chi connectivity index (χ2v) is 8.24. The van der Waals surface area contributed by atoms with Gasteiger partial charge in [0.25, 0.3) is 10.2 Å². The molecule has 1 unspecified atom stereocenters. The number of ether oxygens (including phenoxy) is 1. The van der Waals surface area contributed by atoms with Crippen molar-refractivity contribution in [2.75, 3.05) is 52.8 Å². The summed E-state index contributed by atoms with van der Waals surface area (Å²) in [6, 6.07) is 4.04. The summed E-state index contributed by atoms with van der Waals surface area (Å²) in [7, 11) is 3.66. The third-order valence-corrected chi connectivity index (χ3v) is 5.82. The van der Waals surface area contributed by atoms with Crippen LogP contribution in [0.1, 0.15) is 12.0 Å². The Morgan fingerprint density at radius 1 is 1.35 bits per heavy atom. The van der Waals surface area contributed by atoms with Gasteiger partial charge in [0.2, 0.25) is 0 Å². The summed E-state index contributed by atoms with van der Waals surface area (Å²) >= 11 is 0. The molecule has 0 amide bonds. The highest BCUT2D eigenvalue weighted by Gasteiger charge is 2.30. The molecule has 1 saturated heterocycles. The van der Waals surface area contributed by atoms with E-state index in [2.05, 4.69) is 11.1 Å². The van der Waals surface area contributed by atoms with Gasteiger partial charge in [0.15, 0.2) is 0 Å². The van der Waals surface area contributed by atoms with Crippen LogP contribution in [0, 0.1) is 0 Å². The van der Waals surface area contributed by atoms with Crippen molar-refractivity contribution >= 4 is 16.0 Å². The monoisotopic (exact) mass is 342 g/mol. The van der Waals surface area contributed by atoms with Crippen LogP contribution in [0.2, 0.25) is 0 Å². The molecule has 8 heteroatoms. The third kappa shape index (κ3) is 4.63. The first kappa shape index (κ1) is 18.1. The van der Waals surface area contributed by atoms with Crippen LogP contribution in [0.3, 0.4) is 0 Å². The van der Waals surface area contributed by atoms with Crippen LogP contribution in [0.5, 0.6) is 0 Å². The fraction of sp³-hybridized carbons (Fsp3) is 0.667. The molecule has 1 aromatic rings. The van der Waals surface area contributed by atoms with Crippen LogP contribution in [-0.2, 0) is 21.4 Å². The van der Waals surface area contributed by atoms with Crippen LogP contribution < -0.4 is 4.90 Å². The summed E-state index contributed by atoms with van der Waals surface area (Å²) in [5.41, 5.74) is 1.18. The van der Waals surface area contributed by atoms with Gasteiger partial charge in [-0.1, -0.05) is 0 Å². The van der Waals surface area contributed by atoms with E-state index in [0.717, 1.165) is 18.7 Å². The van der Waals surface area contributed by atoms with Crippen molar-refractivity contribution in [2.24, 2.45) is 0 Å². The number of pyridine rings is 1. The summed E-state index contributed by atoms with van der Waals surface area (Å²) in [6.07, 6.45) is 3.35. The summed E-state index contributed by atoms with van der Waals surface area (Å²) in [5, 5.41) is 0. The summed E-state index contributed by atoms with van der Waals surface area (Å²) in [4.78, 5) is 6.26. The van der Waals surface area contributed by atoms with E-state index in [9.17, 15) is 8.42 Å². The number of morpholine rings is 1. The predicted molar refractivity (Wildman–Crippen MR) is 90.8 cm³/mol. The Morgan fingerprint density at radius 3 is 2.74 bits per heavy atom. The Hall–Kier alpha value is -1.22. The Kier molecular flexibility index (Phi) is 5.96. The minimum atomic E-state index is -3.36. The van der Waals surface area contributed by atoms with E-state index >= 15 is 0 Å². The lowest BCUT2D eigenvalue weighted by molar-refractivity contribution is -0.00652. The zero-order chi connectivity index (χ0) is 17.0. The van der Waals surface area contributed by atoms with Crippen molar-refractivity contribution in [3.8, 4) is 0 Å². The molecule has 1 aliphatic heterocycles. The summed E-state index contributed by atoms with van der Waals surface area (Å²) in [6.45, 7) is 1.26. The first-order chi connectivity index (χ1) is 10.8. The van der Waals surface area contributed by atoms with Crippen LogP contribution in [0.4, 0.5) is 5.82 Å². The molecule has 7 nitrogen and oxygen atoms in total. The smallest absolute Gasteiger partial charge is 0.281 e. The fourth-order valence-corrected chi connectivity index (χ4v) is 3.62. The second-order valence-electron chi connectivity index (χ2n) is 6.10. The second kappa shape index (κ2) is 7.57. The molecule has 1 aliphatic rings. The first-order valence-electron chi connectivity index (χ1n) is 7.72. The van der Waals surface area contributed by atoms with Crippen molar-refractivity contribution in [2.45, 2.75) is 18.9 Å². The molecule has 1 atom stereocenters. The highest BCUT2D eigenvalue weighted by atomic mass is 32.2. The molecule has 2 heterocycles. The van der Waals surface area contributed by atoms with Crippen LogP contribution in [0.15, 0.2) is 18.3 Å². The van der Waals surface area contributed by atoms with E-state index in [1.165, 1.54) is 14.2 Å². The van der Waals surface area contributed by atoms with Gasteiger partial charge in [-0.15, -0.1) is 0 Å². The predicted octanol–water partition coefficient (Wildman–Crippen LogP) is 0.587. The molecule has 130 valence electrons. The Balaban J connectivity index is 1.95. The lowest BCUT2D eigenvalue weighted by Crippen LogP contribution is -2.49. The summed E-state index contributed by atoms with van der Waals surface area (Å²) in [5.74, 6) is 0.920. The molecule has 0 aromatic carbocycles. The average molecular weight is 342 g/mol. The Labute approximate surface area is 139 Å². The molecule has 0 N–H and O–H groups in total. The number of aromatic nitrogens is 1. The van der Waals surface area contributed by atoms with E-state index in [-0.39, 0.29) is 6.10 Å². The molecular weight excluding hydrogens is 316 g/mol. The van der Waals surface area contributed by atoms with Crippen molar-refractivity contribution < 1.29 is 13.2 Å². The Morgan fingerprint density at radius 2 is 2.09 bits per heavy atom. The number of anilines is 1. The molecule has 0 radical (unpaired) electrons. The molecule has 23 heavy (non-hydrogen) atoms. The standard InChI is InChI=1S/C15H26N4O3S/c1-17(2)15-11-13(7-8-16-15)5-6-14-12-19(9-10-22-14)23(20,21)18(3)4/h7-8,11,14H,5-6,9-10,12H2,1-4H3. The van der Waals surface area contributed by atoms with Gasteiger partial charge in [0, 0.05) is 47.5 Å². The molecule has 0 bridgehead atoms. The number of hydrogen-bond donors (Lipinski definition) is 0. The molecule has 0 aliphatic carbocycles. The highest BCUT2D eigenvalue weighted by molar-refractivity contribution is 7.86. The fourth-order valence-electron chi connectivity index (χ4n) is 2.50. The molecular formula is C15H26N4O3S. The number of aryl methyl sites for hydroxylation is 1. The van der Waals surface area contributed by atoms with E-state index in [1.54, 1.807) is 20.3 Å². The Bertz CT molecular complexity index is 619. The molecule has 0 saturated carbocycles. The molecule has 0 spiro atoms. The lowest BCUT2D eigenvalue weighted by atomic mass is 10.1. The topological polar surface area (TPSA) is 66.0 Å². The van der Waals surface area contributed by atoms with E-state index in [1.807, 2.05) is 25.1 Å². The van der Waals surface area contributed by atoms with Gasteiger partial charge in [-0.05, 0) is 30.5 Å². The van der Waals surface area contributed by atoms with Crippen molar-refractivity contribution in [1.29, 1.82) is 0 Å². The van der Waals surface area contributed by atoms with Gasteiger partial charge in [0.1, 0.15) is 5.82 Å². The number of nitrogens with zero attached hydrogens (tertiary/aromatic N) is 4. The molecule has 2 rings (SSSR count). The largest absolute Gasteiger partial charge is 0.375 e. The number of rotatable bonds is 6. The minimum Gasteiger partial charge on any atom is -0.375 e. The minimum absolute atomic E-state index is 0.0746. The maximum Gasteiger partial charge on any atom is 0.281 e. The first-order valence-corrected chi connectivity index (χ1v) is 9.12. The zero-order valence-corrected chi connectivity index (χ0v) is 15.1. The maximum atomic E-state index is 12.2. The van der Waals surface area contributed by atoms with Gasteiger partial charge in [-0.25, -0.2) is 4.98 Å². The quantitative estimate of drug-likeness (QED) is 0.757. The normalized spacial score (nSPS) is 20.0. The van der Waals surface area contributed by atoms with Gasteiger partial charge < -0.3 is 9.64 Å². The SMILES string of the molecule is CN(C)c1cc(CCC2CN(S(=O)(=O)N(C)C)CCO2)ccn1. The zero-order valence-electron chi connectivity index (χ0n) is 14.3. The maximum absolute atomic E-state index is 12.2. The molecule has 1 fully saturated rings. The van der Waals surface area contributed by atoms with Gasteiger partial charge >= 0.3 is 0 Å². The van der Waals surface area contributed by atoms with Gasteiger partial charge in [-0.3, -0.25) is 0 Å². The van der Waals surface area contributed by atoms with Crippen molar-refractivity contribution in [1.82, 2.24) is 13.6 Å². The van der Waals surface area contributed by atoms with Gasteiger partial charge in [0.05, 0.1) is 12.7 Å². The lowest BCUT2D eigenvalue weighted by Gasteiger charge is -2.33. The summed E-state index contributed by atoms with van der Waals surface area (Å²) < 4.78 is 32.9. The third-order valence-electron chi connectivity index (χ3n) is 3.91. The highest BCUT2D eigenvalue weighted by Crippen LogP contribution is 2.17. The molecule has 1 aromatic heterocycles. The average Bonchev–Trinajstić information content (AvgIpc) is 2.53. The van der Waals surface area contributed by atoms with E-state index < -0.39 is 10.2 Å². The van der Waals surface area contributed by atoms with E-state index in [4.69, 9.17) is 4.74 Å². The van der Waals surface area contributed by atoms with Crippen LogP contribution >= 0.6 is 0 Å². The van der Waals surface area contributed by atoms with Crippen molar-refractivity contribution in [3.05, 3.63) is 23.9 Å². The number of hydrogen-bond acceptors (Lipinski definition) is 5. The van der Waals surface area contributed by atoms with Gasteiger partial charge in [-0.2, -0.15) is 17.0 Å². The van der Waals surface area contributed by atoms with Crippen LogP contribution in [0.25, 0.3) is 0 Å². The van der Waals surface area contributed by atoms with Crippen LogP contribution in [-0.4, -0.2) is 76.0 Å².